The van der Waals surface area contributed by atoms with Crippen LogP contribution in [-0.4, -0.2) is 41.1 Å². The minimum Gasteiger partial charge on any atom is -0.490 e. The number of hydrogen-bond acceptors (Lipinski definition) is 4. The SMILES string of the molecule is C[C@@H](c1ccc2ccc(O[C@H]3CC[C@@H](C)CC3)c(C(F)(F)F)c2c1)N1C2CCCC1CC(C=O)(CO)C2. The molecule has 1 saturated carbocycles. The molecule has 2 unspecified atom stereocenters. The van der Waals surface area contributed by atoms with E-state index >= 15 is 0 Å². The van der Waals surface area contributed by atoms with Gasteiger partial charge in [0.1, 0.15) is 17.6 Å². The summed E-state index contributed by atoms with van der Waals surface area (Å²) < 4.78 is 49.5. The molecule has 0 spiro atoms. The molecule has 4 nitrogen and oxygen atoms in total. The summed E-state index contributed by atoms with van der Waals surface area (Å²) in [5.41, 5.74) is -0.556. The first-order valence-electron chi connectivity index (χ1n) is 13.8. The Balaban J connectivity index is 1.49. The third kappa shape index (κ3) is 5.14. The largest absolute Gasteiger partial charge is 0.490 e. The molecule has 5 rings (SSSR count). The number of carbonyl (C=O) groups is 1. The number of aliphatic hydroxyl groups excluding tert-OH is 1. The van der Waals surface area contributed by atoms with Crippen LogP contribution in [0.3, 0.4) is 0 Å². The summed E-state index contributed by atoms with van der Waals surface area (Å²) in [6.07, 6.45) is 3.80. The van der Waals surface area contributed by atoms with Gasteiger partial charge >= 0.3 is 6.18 Å². The van der Waals surface area contributed by atoms with Crippen LogP contribution in [0.25, 0.3) is 10.8 Å². The zero-order chi connectivity index (χ0) is 26.4. The Labute approximate surface area is 217 Å². The minimum absolute atomic E-state index is 0.0714. The van der Waals surface area contributed by atoms with Crippen LogP contribution in [0.4, 0.5) is 13.2 Å². The zero-order valence-corrected chi connectivity index (χ0v) is 21.8. The first-order valence-corrected chi connectivity index (χ1v) is 13.8. The number of aliphatic hydroxyl groups is 1. The molecular weight excluding hydrogens is 479 g/mol. The van der Waals surface area contributed by atoms with E-state index in [9.17, 15) is 23.1 Å². The maximum Gasteiger partial charge on any atom is 0.420 e. The van der Waals surface area contributed by atoms with Crippen LogP contribution in [-0.2, 0) is 11.0 Å². The third-order valence-electron chi connectivity index (χ3n) is 9.24. The Bertz CT molecular complexity index is 1110. The van der Waals surface area contributed by atoms with Gasteiger partial charge in [0.05, 0.1) is 18.1 Å². The zero-order valence-electron chi connectivity index (χ0n) is 21.8. The highest BCUT2D eigenvalue weighted by atomic mass is 19.4. The van der Waals surface area contributed by atoms with Gasteiger partial charge in [-0.2, -0.15) is 13.2 Å². The molecule has 2 aliphatic heterocycles. The van der Waals surface area contributed by atoms with E-state index < -0.39 is 17.2 Å². The molecule has 2 heterocycles. The van der Waals surface area contributed by atoms with Gasteiger partial charge in [-0.1, -0.05) is 31.5 Å². The molecule has 1 N–H and O–H groups in total. The Morgan fingerprint density at radius 2 is 1.73 bits per heavy atom. The first kappa shape index (κ1) is 26.5. The second kappa shape index (κ2) is 10.2. The molecule has 2 saturated heterocycles. The van der Waals surface area contributed by atoms with Crippen LogP contribution in [0.15, 0.2) is 30.3 Å². The van der Waals surface area contributed by atoms with Gasteiger partial charge in [-0.3, -0.25) is 4.90 Å². The van der Waals surface area contributed by atoms with Crippen molar-refractivity contribution in [1.82, 2.24) is 4.90 Å². The van der Waals surface area contributed by atoms with Crippen molar-refractivity contribution in [2.75, 3.05) is 6.61 Å². The van der Waals surface area contributed by atoms with E-state index in [-0.39, 0.29) is 42.0 Å². The van der Waals surface area contributed by atoms with Crippen LogP contribution in [0, 0.1) is 11.3 Å². The lowest BCUT2D eigenvalue weighted by atomic mass is 9.68. The van der Waals surface area contributed by atoms with Gasteiger partial charge in [0.25, 0.3) is 0 Å². The van der Waals surface area contributed by atoms with Gasteiger partial charge in [-0.15, -0.1) is 0 Å². The summed E-state index contributed by atoms with van der Waals surface area (Å²) in [5, 5.41) is 10.7. The lowest BCUT2D eigenvalue weighted by Gasteiger charge is -2.54. The molecule has 37 heavy (non-hydrogen) atoms. The molecule has 2 aromatic carbocycles. The summed E-state index contributed by atoms with van der Waals surface area (Å²) in [5.74, 6) is 0.517. The number of alkyl halides is 3. The van der Waals surface area contributed by atoms with Crippen molar-refractivity contribution in [3.8, 4) is 5.75 Å². The molecule has 3 aliphatic rings. The number of halogens is 3. The molecule has 0 radical (unpaired) electrons. The predicted molar refractivity (Wildman–Crippen MR) is 137 cm³/mol. The van der Waals surface area contributed by atoms with E-state index in [2.05, 4.69) is 18.7 Å². The number of piperidine rings is 2. The van der Waals surface area contributed by atoms with E-state index in [1.54, 1.807) is 18.2 Å². The molecule has 0 amide bonds. The van der Waals surface area contributed by atoms with Crippen molar-refractivity contribution in [3.05, 3.63) is 41.5 Å². The fourth-order valence-corrected chi connectivity index (χ4v) is 7.18. The number of ether oxygens (including phenoxy) is 1. The summed E-state index contributed by atoms with van der Waals surface area (Å²) in [4.78, 5) is 14.3. The van der Waals surface area contributed by atoms with Crippen LogP contribution in [0.1, 0.15) is 88.8 Å². The quantitative estimate of drug-likeness (QED) is 0.416. The summed E-state index contributed by atoms with van der Waals surface area (Å²) >= 11 is 0. The Morgan fingerprint density at radius 3 is 2.32 bits per heavy atom. The maximum atomic E-state index is 14.5. The van der Waals surface area contributed by atoms with Crippen molar-refractivity contribution in [2.45, 2.75) is 102 Å². The molecule has 7 heteroatoms. The number of aldehydes is 1. The second-order valence-electron chi connectivity index (χ2n) is 11.8. The van der Waals surface area contributed by atoms with Gasteiger partial charge in [0, 0.05) is 18.1 Å². The fraction of sp³-hybridized carbons (Fsp3) is 0.633. The number of fused-ring (bicyclic) bond motifs is 3. The molecule has 202 valence electrons. The lowest BCUT2D eigenvalue weighted by molar-refractivity contribution is -0.138. The summed E-state index contributed by atoms with van der Waals surface area (Å²) in [6.45, 7) is 4.07. The van der Waals surface area contributed by atoms with E-state index in [4.69, 9.17) is 4.74 Å². The number of benzene rings is 2. The average Bonchev–Trinajstić information content (AvgIpc) is 2.87. The molecular formula is C30H38F3NO3. The predicted octanol–water partition coefficient (Wildman–Crippen LogP) is 7.07. The monoisotopic (exact) mass is 517 g/mol. The highest BCUT2D eigenvalue weighted by Gasteiger charge is 2.48. The highest BCUT2D eigenvalue weighted by Crippen LogP contribution is 2.48. The third-order valence-corrected chi connectivity index (χ3v) is 9.24. The molecule has 0 aromatic heterocycles. The molecule has 3 fully saturated rings. The second-order valence-corrected chi connectivity index (χ2v) is 11.8. The maximum absolute atomic E-state index is 14.5. The highest BCUT2D eigenvalue weighted by molar-refractivity contribution is 5.89. The van der Waals surface area contributed by atoms with Gasteiger partial charge in [0.2, 0.25) is 0 Å². The van der Waals surface area contributed by atoms with Crippen molar-refractivity contribution >= 4 is 17.1 Å². The van der Waals surface area contributed by atoms with Crippen LogP contribution < -0.4 is 4.74 Å². The van der Waals surface area contributed by atoms with Crippen molar-refractivity contribution in [2.24, 2.45) is 11.3 Å². The van der Waals surface area contributed by atoms with Gasteiger partial charge < -0.3 is 14.6 Å². The Hall–Kier alpha value is -2.12. The smallest absolute Gasteiger partial charge is 0.420 e. The van der Waals surface area contributed by atoms with Crippen LogP contribution in [0.5, 0.6) is 5.75 Å². The Kier molecular flexibility index (Phi) is 7.31. The standard InChI is InChI=1S/C30H38F3NO3/c1-19-6-11-25(12-7-19)37-27-13-10-21-8-9-22(14-26(21)28(27)30(31,32)33)20(2)34-23-4-3-5-24(34)16-29(15-23,17-35)18-36/h8-10,13-14,17,19-20,23-25,36H,3-7,11-12,15-16,18H2,1-2H3/t19-,20-,23?,24?,25+,29?/m0/s1. The van der Waals surface area contributed by atoms with Crippen LogP contribution in [0.2, 0.25) is 0 Å². The Morgan fingerprint density at radius 1 is 1.08 bits per heavy atom. The molecule has 2 bridgehead atoms. The van der Waals surface area contributed by atoms with Crippen molar-refractivity contribution in [3.63, 3.8) is 0 Å². The minimum atomic E-state index is -4.54. The first-order chi connectivity index (χ1) is 17.6. The normalized spacial score (nSPS) is 31.7. The fourth-order valence-electron chi connectivity index (χ4n) is 7.18. The summed E-state index contributed by atoms with van der Waals surface area (Å²) in [7, 11) is 0. The number of rotatable bonds is 6. The van der Waals surface area contributed by atoms with Gasteiger partial charge in [-0.05, 0) is 92.7 Å². The van der Waals surface area contributed by atoms with E-state index in [1.165, 1.54) is 6.07 Å². The molecule has 2 aromatic rings. The molecule has 3 atom stereocenters. The van der Waals surface area contributed by atoms with Crippen molar-refractivity contribution in [1.29, 1.82) is 0 Å². The average molecular weight is 518 g/mol. The topological polar surface area (TPSA) is 49.8 Å². The van der Waals surface area contributed by atoms with Gasteiger partial charge in [-0.25, -0.2) is 0 Å². The van der Waals surface area contributed by atoms with E-state index in [0.717, 1.165) is 56.8 Å². The van der Waals surface area contributed by atoms with Crippen LogP contribution >= 0.6 is 0 Å². The lowest BCUT2D eigenvalue weighted by Crippen LogP contribution is -2.57. The molecule has 1 aliphatic carbocycles. The van der Waals surface area contributed by atoms with E-state index in [1.807, 2.05) is 6.07 Å². The number of carbonyl (C=O) groups excluding carboxylic acids is 1. The van der Waals surface area contributed by atoms with Gasteiger partial charge in [0.15, 0.2) is 0 Å². The summed E-state index contributed by atoms with van der Waals surface area (Å²) in [6, 6.07) is 8.77. The van der Waals surface area contributed by atoms with Crippen molar-refractivity contribution < 1.29 is 27.8 Å². The number of hydrogen-bond donors (Lipinski definition) is 1. The number of nitrogens with zero attached hydrogens (tertiary/aromatic N) is 1. The van der Waals surface area contributed by atoms with E-state index in [0.29, 0.717) is 24.1 Å².